The van der Waals surface area contributed by atoms with Crippen LogP contribution in [0.5, 0.6) is 0 Å². The van der Waals surface area contributed by atoms with Crippen molar-refractivity contribution in [1.82, 2.24) is 10.3 Å². The Morgan fingerprint density at radius 1 is 1.20 bits per heavy atom. The molecule has 1 aliphatic carbocycles. The van der Waals surface area contributed by atoms with E-state index in [4.69, 9.17) is 4.74 Å². The van der Waals surface area contributed by atoms with E-state index in [0.29, 0.717) is 19.6 Å². The lowest BCUT2D eigenvalue weighted by Crippen LogP contribution is -2.25. The van der Waals surface area contributed by atoms with E-state index in [1.807, 2.05) is 12.1 Å². The third-order valence-electron chi connectivity index (χ3n) is 4.67. The number of aryl methyl sites for hydroxylation is 2. The summed E-state index contributed by atoms with van der Waals surface area (Å²) in [4.78, 5) is 15.9. The van der Waals surface area contributed by atoms with Crippen LogP contribution in [-0.2, 0) is 22.4 Å². The van der Waals surface area contributed by atoms with E-state index in [-0.39, 0.29) is 12.0 Å². The number of carbonyl (C=O) groups excluding carboxylic acids is 1. The molecule has 1 aromatic carbocycles. The lowest BCUT2D eigenvalue weighted by Gasteiger charge is -2.25. The first-order valence-corrected chi connectivity index (χ1v) is 9.18. The number of fused-ring (bicyclic) bond motifs is 1. The normalized spacial score (nSPS) is 16.2. The fraction of sp³-hybridized carbons (Fsp3) is 0.429. The number of aromatic nitrogens is 1. The second kappa shape index (κ2) is 9.33. The van der Waals surface area contributed by atoms with Gasteiger partial charge in [-0.05, 0) is 60.9 Å². The molecule has 2 aromatic rings. The lowest BCUT2D eigenvalue weighted by atomic mass is 9.89. The summed E-state index contributed by atoms with van der Waals surface area (Å²) in [6.45, 7) is 1.35. The van der Waals surface area contributed by atoms with Crippen molar-refractivity contribution in [2.45, 2.75) is 44.6 Å². The van der Waals surface area contributed by atoms with Gasteiger partial charge >= 0.3 is 0 Å². The first kappa shape index (κ1) is 17.6. The van der Waals surface area contributed by atoms with E-state index in [2.05, 4.69) is 34.6 Å². The van der Waals surface area contributed by atoms with Crippen LogP contribution in [0.1, 0.15) is 48.5 Å². The number of amides is 1. The molecule has 0 bridgehead atoms. The molecule has 3 rings (SSSR count). The summed E-state index contributed by atoms with van der Waals surface area (Å²) in [5.41, 5.74) is 3.91. The second-order valence-corrected chi connectivity index (χ2v) is 6.51. The zero-order valence-corrected chi connectivity index (χ0v) is 14.6. The largest absolute Gasteiger partial charge is 0.373 e. The molecule has 1 aromatic heterocycles. The van der Waals surface area contributed by atoms with Gasteiger partial charge in [0.1, 0.15) is 0 Å². The van der Waals surface area contributed by atoms with Crippen molar-refractivity contribution in [1.29, 1.82) is 0 Å². The Morgan fingerprint density at radius 2 is 2.04 bits per heavy atom. The Labute approximate surface area is 149 Å². The van der Waals surface area contributed by atoms with E-state index in [1.165, 1.54) is 17.5 Å². The lowest BCUT2D eigenvalue weighted by molar-refractivity contribution is -0.121. The number of carbonyl (C=O) groups is 1. The molecule has 1 heterocycles. The van der Waals surface area contributed by atoms with Crippen LogP contribution in [0, 0.1) is 0 Å². The predicted octanol–water partition coefficient (Wildman–Crippen LogP) is 3.61. The van der Waals surface area contributed by atoms with E-state index in [0.717, 1.165) is 31.2 Å². The SMILES string of the molecule is O=C(CCc1ccncc1)NCCCOC1CCCc2ccccc21. The summed E-state index contributed by atoms with van der Waals surface area (Å²) >= 11 is 0. The molecule has 1 aliphatic rings. The van der Waals surface area contributed by atoms with Crippen molar-refractivity contribution in [2.24, 2.45) is 0 Å². The fourth-order valence-corrected chi connectivity index (χ4v) is 3.30. The third kappa shape index (κ3) is 5.40. The molecule has 25 heavy (non-hydrogen) atoms. The number of rotatable bonds is 8. The van der Waals surface area contributed by atoms with Crippen LogP contribution in [0.3, 0.4) is 0 Å². The Morgan fingerprint density at radius 3 is 2.92 bits per heavy atom. The highest BCUT2D eigenvalue weighted by molar-refractivity contribution is 5.76. The number of hydrogen-bond donors (Lipinski definition) is 1. The molecule has 0 saturated carbocycles. The van der Waals surface area contributed by atoms with Gasteiger partial charge in [0.2, 0.25) is 5.91 Å². The van der Waals surface area contributed by atoms with Gasteiger partial charge in [0.15, 0.2) is 0 Å². The summed E-state index contributed by atoms with van der Waals surface area (Å²) in [6, 6.07) is 12.5. The molecule has 1 N–H and O–H groups in total. The van der Waals surface area contributed by atoms with Crippen molar-refractivity contribution >= 4 is 5.91 Å². The standard InChI is InChI=1S/C21H26N2O2/c24-21(10-9-17-11-14-22-15-12-17)23-13-4-16-25-20-8-3-6-18-5-1-2-7-19(18)20/h1-2,5,7,11-12,14-15,20H,3-4,6,8-10,13,16H2,(H,23,24). The van der Waals surface area contributed by atoms with Gasteiger partial charge < -0.3 is 10.1 Å². The number of hydrogen-bond acceptors (Lipinski definition) is 3. The number of benzene rings is 1. The molecule has 0 spiro atoms. The molecule has 4 heteroatoms. The summed E-state index contributed by atoms with van der Waals surface area (Å²) < 4.78 is 6.06. The molecule has 1 atom stereocenters. The summed E-state index contributed by atoms with van der Waals surface area (Å²) in [5.74, 6) is 0.0971. The first-order chi connectivity index (χ1) is 12.3. The van der Waals surface area contributed by atoms with Crippen molar-refractivity contribution in [3.05, 3.63) is 65.5 Å². The minimum atomic E-state index is 0.0971. The Bertz CT molecular complexity index is 673. The highest BCUT2D eigenvalue weighted by atomic mass is 16.5. The molecule has 1 amide bonds. The molecule has 4 nitrogen and oxygen atoms in total. The minimum Gasteiger partial charge on any atom is -0.373 e. The van der Waals surface area contributed by atoms with Gasteiger partial charge in [-0.15, -0.1) is 0 Å². The molecular formula is C21H26N2O2. The Kier molecular flexibility index (Phi) is 6.57. The number of nitrogens with one attached hydrogen (secondary N) is 1. The average Bonchev–Trinajstić information content (AvgIpc) is 2.67. The molecule has 0 fully saturated rings. The Hall–Kier alpha value is -2.20. The van der Waals surface area contributed by atoms with Crippen molar-refractivity contribution in [3.8, 4) is 0 Å². The van der Waals surface area contributed by atoms with Gasteiger partial charge in [-0.1, -0.05) is 24.3 Å². The maximum absolute atomic E-state index is 11.9. The first-order valence-electron chi connectivity index (χ1n) is 9.18. The van der Waals surface area contributed by atoms with Crippen LogP contribution in [0.15, 0.2) is 48.8 Å². The second-order valence-electron chi connectivity index (χ2n) is 6.51. The highest BCUT2D eigenvalue weighted by Gasteiger charge is 2.19. The monoisotopic (exact) mass is 338 g/mol. The van der Waals surface area contributed by atoms with Crippen LogP contribution >= 0.6 is 0 Å². The third-order valence-corrected chi connectivity index (χ3v) is 4.67. The van der Waals surface area contributed by atoms with Crippen molar-refractivity contribution < 1.29 is 9.53 Å². The van der Waals surface area contributed by atoms with Gasteiger partial charge in [-0.3, -0.25) is 9.78 Å². The van der Waals surface area contributed by atoms with E-state index < -0.39 is 0 Å². The summed E-state index contributed by atoms with van der Waals surface area (Å²) in [6.07, 6.45) is 9.28. The van der Waals surface area contributed by atoms with Gasteiger partial charge in [-0.2, -0.15) is 0 Å². The summed E-state index contributed by atoms with van der Waals surface area (Å²) in [5, 5.41) is 2.98. The molecule has 0 radical (unpaired) electrons. The smallest absolute Gasteiger partial charge is 0.220 e. The molecular weight excluding hydrogens is 312 g/mol. The van der Waals surface area contributed by atoms with E-state index >= 15 is 0 Å². The topological polar surface area (TPSA) is 51.2 Å². The Balaban J connectivity index is 1.31. The zero-order valence-electron chi connectivity index (χ0n) is 14.6. The average molecular weight is 338 g/mol. The van der Waals surface area contributed by atoms with Crippen molar-refractivity contribution in [2.75, 3.05) is 13.2 Å². The molecule has 0 aliphatic heterocycles. The number of ether oxygens (including phenoxy) is 1. The fourth-order valence-electron chi connectivity index (χ4n) is 3.30. The quantitative estimate of drug-likeness (QED) is 0.748. The molecule has 1 unspecified atom stereocenters. The number of pyridine rings is 1. The van der Waals surface area contributed by atoms with Crippen LogP contribution in [0.4, 0.5) is 0 Å². The molecule has 132 valence electrons. The van der Waals surface area contributed by atoms with Crippen LogP contribution < -0.4 is 5.32 Å². The maximum Gasteiger partial charge on any atom is 0.220 e. The molecule has 0 saturated heterocycles. The zero-order chi connectivity index (χ0) is 17.3. The van der Waals surface area contributed by atoms with Crippen molar-refractivity contribution in [3.63, 3.8) is 0 Å². The predicted molar refractivity (Wildman–Crippen MR) is 98.3 cm³/mol. The van der Waals surface area contributed by atoms with Gasteiger partial charge in [0.05, 0.1) is 6.10 Å². The summed E-state index contributed by atoms with van der Waals surface area (Å²) in [7, 11) is 0. The number of nitrogens with zero attached hydrogens (tertiary/aromatic N) is 1. The highest BCUT2D eigenvalue weighted by Crippen LogP contribution is 2.32. The van der Waals surface area contributed by atoms with Gasteiger partial charge in [0.25, 0.3) is 0 Å². The minimum absolute atomic E-state index is 0.0971. The van der Waals surface area contributed by atoms with Gasteiger partial charge in [-0.25, -0.2) is 0 Å². The van der Waals surface area contributed by atoms with Crippen LogP contribution in [0.2, 0.25) is 0 Å². The van der Waals surface area contributed by atoms with Crippen LogP contribution in [0.25, 0.3) is 0 Å². The maximum atomic E-state index is 11.9. The van der Waals surface area contributed by atoms with E-state index in [1.54, 1.807) is 12.4 Å². The van der Waals surface area contributed by atoms with Gasteiger partial charge in [0, 0.05) is 32.0 Å². The van der Waals surface area contributed by atoms with E-state index in [9.17, 15) is 4.79 Å². The van der Waals surface area contributed by atoms with Crippen LogP contribution in [-0.4, -0.2) is 24.0 Å².